The van der Waals surface area contributed by atoms with Crippen molar-refractivity contribution >= 4 is 5.97 Å². The summed E-state index contributed by atoms with van der Waals surface area (Å²) in [6.07, 6.45) is 0. The van der Waals surface area contributed by atoms with E-state index in [-0.39, 0.29) is 17.9 Å². The van der Waals surface area contributed by atoms with E-state index < -0.39 is 0 Å². The monoisotopic (exact) mass is 214 g/mol. The molecule has 2 unspecified atom stereocenters. The van der Waals surface area contributed by atoms with Gasteiger partial charge < -0.3 is 10.1 Å². The lowest BCUT2D eigenvalue weighted by Crippen LogP contribution is -2.57. The van der Waals surface area contributed by atoms with Crippen LogP contribution in [-0.4, -0.2) is 49.7 Å². The van der Waals surface area contributed by atoms with Gasteiger partial charge >= 0.3 is 5.97 Å². The van der Waals surface area contributed by atoms with Crippen LogP contribution in [0.1, 0.15) is 20.8 Å². The van der Waals surface area contributed by atoms with Crippen molar-refractivity contribution in [3.63, 3.8) is 0 Å². The summed E-state index contributed by atoms with van der Waals surface area (Å²) in [5.41, 5.74) is 0. The first-order valence-corrected chi connectivity index (χ1v) is 5.62. The number of methoxy groups -OCH3 is 1. The molecule has 0 saturated carbocycles. The van der Waals surface area contributed by atoms with Gasteiger partial charge in [0.1, 0.15) is 6.04 Å². The molecule has 15 heavy (non-hydrogen) atoms. The summed E-state index contributed by atoms with van der Waals surface area (Å²) in [6.45, 7) is 9.08. The molecule has 1 heterocycles. The lowest BCUT2D eigenvalue weighted by molar-refractivity contribution is -0.150. The van der Waals surface area contributed by atoms with Gasteiger partial charge in [0, 0.05) is 25.7 Å². The van der Waals surface area contributed by atoms with Gasteiger partial charge in [0.15, 0.2) is 0 Å². The molecule has 0 amide bonds. The molecule has 2 atom stereocenters. The van der Waals surface area contributed by atoms with Gasteiger partial charge in [0.25, 0.3) is 0 Å². The third-order valence-electron chi connectivity index (χ3n) is 2.98. The van der Waals surface area contributed by atoms with Crippen LogP contribution in [0, 0.1) is 5.92 Å². The number of piperazine rings is 1. The van der Waals surface area contributed by atoms with Crippen molar-refractivity contribution in [2.75, 3.05) is 26.7 Å². The van der Waals surface area contributed by atoms with Gasteiger partial charge in [-0.2, -0.15) is 0 Å². The third-order valence-corrected chi connectivity index (χ3v) is 2.98. The molecule has 0 radical (unpaired) electrons. The zero-order chi connectivity index (χ0) is 11.4. The lowest BCUT2D eigenvalue weighted by Gasteiger charge is -2.40. The average molecular weight is 214 g/mol. The van der Waals surface area contributed by atoms with Gasteiger partial charge in [-0.1, -0.05) is 13.8 Å². The maximum atomic E-state index is 11.7. The molecule has 4 heteroatoms. The Bertz CT molecular complexity index is 219. The van der Waals surface area contributed by atoms with E-state index in [1.54, 1.807) is 0 Å². The second-order valence-corrected chi connectivity index (χ2v) is 4.50. The Morgan fingerprint density at radius 3 is 2.67 bits per heavy atom. The van der Waals surface area contributed by atoms with Crippen molar-refractivity contribution in [3.8, 4) is 0 Å². The molecule has 4 nitrogen and oxygen atoms in total. The second-order valence-electron chi connectivity index (χ2n) is 4.50. The first-order chi connectivity index (χ1) is 7.07. The van der Waals surface area contributed by atoms with Crippen LogP contribution in [0.25, 0.3) is 0 Å². The smallest absolute Gasteiger partial charge is 0.323 e. The number of ether oxygens (including phenoxy) is 1. The van der Waals surface area contributed by atoms with E-state index in [0.29, 0.717) is 6.04 Å². The first-order valence-electron chi connectivity index (χ1n) is 5.62. The minimum atomic E-state index is -0.112. The Hall–Kier alpha value is -0.610. The molecule has 0 aromatic heterocycles. The Labute approximate surface area is 92.0 Å². The normalized spacial score (nSPS) is 25.3. The molecular formula is C11H22N2O2. The van der Waals surface area contributed by atoms with Crippen molar-refractivity contribution in [2.45, 2.75) is 32.9 Å². The fourth-order valence-electron chi connectivity index (χ4n) is 2.18. The number of esters is 1. The van der Waals surface area contributed by atoms with Crippen molar-refractivity contribution in [2.24, 2.45) is 5.92 Å². The van der Waals surface area contributed by atoms with Crippen molar-refractivity contribution in [3.05, 3.63) is 0 Å². The standard InChI is InChI=1S/C11H22N2O2/c1-8(2)10(11(14)15-4)13-6-5-12-7-9(13)3/h8-10,12H,5-7H2,1-4H3. The van der Waals surface area contributed by atoms with Gasteiger partial charge in [0.2, 0.25) is 0 Å². The van der Waals surface area contributed by atoms with Crippen LogP contribution in [-0.2, 0) is 9.53 Å². The molecule has 0 aromatic carbocycles. The van der Waals surface area contributed by atoms with Crippen molar-refractivity contribution < 1.29 is 9.53 Å². The second kappa shape index (κ2) is 5.47. The molecule has 0 aliphatic carbocycles. The number of rotatable bonds is 3. The summed E-state index contributed by atoms with van der Waals surface area (Å²) in [6, 6.07) is 0.289. The highest BCUT2D eigenvalue weighted by Gasteiger charge is 2.33. The molecular weight excluding hydrogens is 192 g/mol. The molecule has 88 valence electrons. The van der Waals surface area contributed by atoms with Crippen molar-refractivity contribution in [1.29, 1.82) is 0 Å². The minimum Gasteiger partial charge on any atom is -0.468 e. The average Bonchev–Trinajstić information content (AvgIpc) is 2.20. The van der Waals surface area contributed by atoms with E-state index in [4.69, 9.17) is 4.74 Å². The van der Waals surface area contributed by atoms with Gasteiger partial charge in [-0.3, -0.25) is 9.69 Å². The molecule has 1 aliphatic heterocycles. The maximum absolute atomic E-state index is 11.7. The van der Waals surface area contributed by atoms with E-state index in [1.807, 2.05) is 0 Å². The first kappa shape index (κ1) is 12.5. The summed E-state index contributed by atoms with van der Waals surface area (Å²) in [4.78, 5) is 14.0. The number of nitrogens with one attached hydrogen (secondary N) is 1. The molecule has 0 aromatic rings. The Morgan fingerprint density at radius 2 is 2.20 bits per heavy atom. The van der Waals surface area contributed by atoms with Gasteiger partial charge in [-0.15, -0.1) is 0 Å². The van der Waals surface area contributed by atoms with Gasteiger partial charge in [-0.25, -0.2) is 0 Å². The van der Waals surface area contributed by atoms with Crippen molar-refractivity contribution in [1.82, 2.24) is 10.2 Å². The highest BCUT2D eigenvalue weighted by Crippen LogP contribution is 2.16. The van der Waals surface area contributed by atoms with E-state index in [1.165, 1.54) is 7.11 Å². The number of nitrogens with zero attached hydrogens (tertiary/aromatic N) is 1. The summed E-state index contributed by atoms with van der Waals surface area (Å²) in [5, 5.41) is 3.32. The Balaban J connectivity index is 2.73. The van der Waals surface area contributed by atoms with Crippen LogP contribution in [0.15, 0.2) is 0 Å². The van der Waals surface area contributed by atoms with Crippen LogP contribution in [0.5, 0.6) is 0 Å². The number of hydrogen-bond donors (Lipinski definition) is 1. The predicted octanol–water partition coefficient (Wildman–Crippen LogP) is 0.478. The molecule has 1 fully saturated rings. The minimum absolute atomic E-state index is 0.105. The van der Waals surface area contributed by atoms with Crippen LogP contribution >= 0.6 is 0 Å². The molecule has 0 spiro atoms. The van der Waals surface area contributed by atoms with Crippen LogP contribution < -0.4 is 5.32 Å². The van der Waals surface area contributed by atoms with Crippen LogP contribution in [0.4, 0.5) is 0 Å². The molecule has 1 N–H and O–H groups in total. The number of carbonyl (C=O) groups is 1. The highest BCUT2D eigenvalue weighted by molar-refractivity contribution is 5.76. The van der Waals surface area contributed by atoms with Gasteiger partial charge in [0.05, 0.1) is 7.11 Å². The maximum Gasteiger partial charge on any atom is 0.323 e. The third kappa shape index (κ3) is 2.92. The summed E-state index contributed by atoms with van der Waals surface area (Å²) in [7, 11) is 1.46. The van der Waals surface area contributed by atoms with E-state index in [2.05, 4.69) is 31.0 Å². The predicted molar refractivity (Wildman–Crippen MR) is 59.7 cm³/mol. The molecule has 0 bridgehead atoms. The fourth-order valence-corrected chi connectivity index (χ4v) is 2.18. The number of hydrogen-bond acceptors (Lipinski definition) is 4. The topological polar surface area (TPSA) is 41.6 Å². The summed E-state index contributed by atoms with van der Waals surface area (Å²) < 4.78 is 4.87. The summed E-state index contributed by atoms with van der Waals surface area (Å²) in [5.74, 6) is 0.178. The Morgan fingerprint density at radius 1 is 1.53 bits per heavy atom. The van der Waals surface area contributed by atoms with Crippen LogP contribution in [0.2, 0.25) is 0 Å². The number of carbonyl (C=O) groups excluding carboxylic acids is 1. The highest BCUT2D eigenvalue weighted by atomic mass is 16.5. The molecule has 1 rings (SSSR count). The van der Waals surface area contributed by atoms with E-state index in [9.17, 15) is 4.79 Å². The quantitative estimate of drug-likeness (QED) is 0.694. The van der Waals surface area contributed by atoms with Gasteiger partial charge in [-0.05, 0) is 12.8 Å². The zero-order valence-corrected chi connectivity index (χ0v) is 10.1. The zero-order valence-electron chi connectivity index (χ0n) is 10.1. The van der Waals surface area contributed by atoms with E-state index >= 15 is 0 Å². The van der Waals surface area contributed by atoms with E-state index in [0.717, 1.165) is 19.6 Å². The molecule has 1 aliphatic rings. The van der Waals surface area contributed by atoms with Crippen LogP contribution in [0.3, 0.4) is 0 Å². The SMILES string of the molecule is COC(=O)C(C(C)C)N1CCNCC1C. The lowest BCUT2D eigenvalue weighted by atomic mass is 10.00. The largest absolute Gasteiger partial charge is 0.468 e. The Kier molecular flexibility index (Phi) is 4.54. The molecule has 1 saturated heterocycles. The summed E-state index contributed by atoms with van der Waals surface area (Å²) >= 11 is 0. The fraction of sp³-hybridized carbons (Fsp3) is 0.909.